The molecular formula is C26H28N2O6S. The number of carbonyl (C=O) groups excluding carboxylic acids is 1. The van der Waals surface area contributed by atoms with E-state index >= 15 is 0 Å². The van der Waals surface area contributed by atoms with E-state index in [4.69, 9.17) is 14.2 Å². The van der Waals surface area contributed by atoms with Gasteiger partial charge in [-0.2, -0.15) is 0 Å². The fourth-order valence-electron chi connectivity index (χ4n) is 3.86. The molecule has 1 aliphatic rings. The highest BCUT2D eigenvalue weighted by molar-refractivity contribution is 7.89. The second-order valence-corrected chi connectivity index (χ2v) is 9.88. The van der Waals surface area contributed by atoms with E-state index in [9.17, 15) is 13.2 Å². The Kier molecular flexibility index (Phi) is 7.70. The highest BCUT2D eigenvalue weighted by Crippen LogP contribution is 2.33. The van der Waals surface area contributed by atoms with E-state index in [0.717, 1.165) is 29.7 Å². The van der Waals surface area contributed by atoms with Crippen molar-refractivity contribution in [1.82, 2.24) is 4.72 Å². The minimum Gasteiger partial charge on any atom is -0.497 e. The lowest BCUT2D eigenvalue weighted by Crippen LogP contribution is -2.31. The Morgan fingerprint density at radius 2 is 1.74 bits per heavy atom. The average Bonchev–Trinajstić information content (AvgIpc) is 3.41. The smallest absolute Gasteiger partial charge is 0.255 e. The molecule has 0 spiro atoms. The van der Waals surface area contributed by atoms with Gasteiger partial charge in [-0.1, -0.05) is 12.1 Å². The molecule has 0 radical (unpaired) electrons. The summed E-state index contributed by atoms with van der Waals surface area (Å²) in [6.07, 6.45) is 1.68. The Labute approximate surface area is 205 Å². The van der Waals surface area contributed by atoms with Crippen LogP contribution in [0.4, 0.5) is 5.69 Å². The van der Waals surface area contributed by atoms with Crippen molar-refractivity contribution in [2.75, 3.05) is 32.7 Å². The number of nitrogens with one attached hydrogen (secondary N) is 2. The molecule has 1 atom stereocenters. The lowest BCUT2D eigenvalue weighted by atomic mass is 10.0. The van der Waals surface area contributed by atoms with Crippen molar-refractivity contribution in [1.29, 1.82) is 0 Å². The molecule has 1 heterocycles. The minimum absolute atomic E-state index is 0.0953. The SMILES string of the molecule is COc1ccc(-c2cc(NC(=O)c3ccc(S(=O)(=O)NCC4CCCO4)cc3)ccc2OC)cc1. The molecule has 2 N–H and O–H groups in total. The van der Waals surface area contributed by atoms with Crippen LogP contribution in [0.15, 0.2) is 71.6 Å². The summed E-state index contributed by atoms with van der Waals surface area (Å²) >= 11 is 0. The molecule has 0 saturated carbocycles. The zero-order chi connectivity index (χ0) is 24.8. The molecule has 1 saturated heterocycles. The molecule has 3 aromatic rings. The van der Waals surface area contributed by atoms with Crippen molar-refractivity contribution in [2.24, 2.45) is 0 Å². The molecule has 35 heavy (non-hydrogen) atoms. The van der Waals surface area contributed by atoms with Crippen LogP contribution < -0.4 is 19.5 Å². The largest absolute Gasteiger partial charge is 0.497 e. The van der Waals surface area contributed by atoms with E-state index in [1.807, 2.05) is 30.3 Å². The molecule has 0 bridgehead atoms. The summed E-state index contributed by atoms with van der Waals surface area (Å²) in [5.74, 6) is 1.05. The van der Waals surface area contributed by atoms with E-state index in [1.165, 1.54) is 24.3 Å². The molecule has 0 aliphatic carbocycles. The number of benzene rings is 3. The maximum Gasteiger partial charge on any atom is 0.255 e. The summed E-state index contributed by atoms with van der Waals surface area (Å²) in [4.78, 5) is 12.9. The molecule has 1 unspecified atom stereocenters. The third-order valence-electron chi connectivity index (χ3n) is 5.81. The molecule has 184 valence electrons. The Bertz CT molecular complexity index is 1270. The fourth-order valence-corrected chi connectivity index (χ4v) is 4.93. The summed E-state index contributed by atoms with van der Waals surface area (Å²) in [5, 5.41) is 2.86. The van der Waals surface area contributed by atoms with E-state index in [1.54, 1.807) is 26.4 Å². The van der Waals surface area contributed by atoms with Gasteiger partial charge in [-0.3, -0.25) is 4.79 Å². The van der Waals surface area contributed by atoms with Crippen molar-refractivity contribution >= 4 is 21.6 Å². The van der Waals surface area contributed by atoms with Crippen LogP contribution in [0.1, 0.15) is 23.2 Å². The van der Waals surface area contributed by atoms with Gasteiger partial charge < -0.3 is 19.5 Å². The van der Waals surface area contributed by atoms with E-state index in [2.05, 4.69) is 10.0 Å². The molecule has 9 heteroatoms. The molecular weight excluding hydrogens is 468 g/mol. The Morgan fingerprint density at radius 1 is 1.00 bits per heavy atom. The van der Waals surface area contributed by atoms with Gasteiger partial charge in [0, 0.05) is 30.0 Å². The second-order valence-electron chi connectivity index (χ2n) is 8.11. The average molecular weight is 497 g/mol. The molecule has 1 fully saturated rings. The highest BCUT2D eigenvalue weighted by Gasteiger charge is 2.20. The summed E-state index contributed by atoms with van der Waals surface area (Å²) in [5.41, 5.74) is 2.64. The van der Waals surface area contributed by atoms with Gasteiger partial charge in [0.25, 0.3) is 5.91 Å². The second kappa shape index (κ2) is 10.9. The van der Waals surface area contributed by atoms with Crippen molar-refractivity contribution in [2.45, 2.75) is 23.8 Å². The predicted molar refractivity (Wildman–Crippen MR) is 134 cm³/mol. The van der Waals surface area contributed by atoms with E-state index < -0.39 is 10.0 Å². The number of sulfonamides is 1. The molecule has 4 rings (SSSR count). The number of ether oxygens (including phenoxy) is 3. The lowest BCUT2D eigenvalue weighted by Gasteiger charge is -2.13. The van der Waals surface area contributed by atoms with Crippen LogP contribution in [0.5, 0.6) is 11.5 Å². The maximum absolute atomic E-state index is 12.8. The standard InChI is InChI=1S/C26H28N2O6S/c1-32-21-10-5-18(6-11-21)24-16-20(9-14-25(24)33-2)28-26(29)19-7-12-23(13-8-19)35(30,31)27-17-22-4-3-15-34-22/h5-14,16,22,27H,3-4,15,17H2,1-2H3,(H,28,29). The highest BCUT2D eigenvalue weighted by atomic mass is 32.2. The summed E-state index contributed by atoms with van der Waals surface area (Å²) in [7, 11) is -0.487. The van der Waals surface area contributed by atoms with Crippen molar-refractivity contribution < 1.29 is 27.4 Å². The van der Waals surface area contributed by atoms with E-state index in [-0.39, 0.29) is 23.5 Å². The zero-order valence-corrected chi connectivity index (χ0v) is 20.4. The normalized spacial score (nSPS) is 15.5. The monoisotopic (exact) mass is 496 g/mol. The van der Waals surface area contributed by atoms with Crippen LogP contribution >= 0.6 is 0 Å². The topological polar surface area (TPSA) is 103 Å². The summed E-state index contributed by atoms with van der Waals surface area (Å²) in [6, 6.07) is 18.7. The third kappa shape index (κ3) is 6.00. The van der Waals surface area contributed by atoms with Gasteiger partial charge in [0.1, 0.15) is 11.5 Å². The van der Waals surface area contributed by atoms with E-state index in [0.29, 0.717) is 23.6 Å². The Balaban J connectivity index is 1.46. The van der Waals surface area contributed by atoms with Gasteiger partial charge in [0.2, 0.25) is 10.0 Å². The number of carbonyl (C=O) groups is 1. The number of anilines is 1. The predicted octanol–water partition coefficient (Wildman–Crippen LogP) is 4.08. The minimum atomic E-state index is -3.68. The van der Waals surface area contributed by atoms with Crippen molar-refractivity contribution in [3.63, 3.8) is 0 Å². The fraction of sp³-hybridized carbons (Fsp3) is 0.269. The number of hydrogen-bond acceptors (Lipinski definition) is 6. The lowest BCUT2D eigenvalue weighted by molar-refractivity contribution is 0.102. The molecule has 3 aromatic carbocycles. The maximum atomic E-state index is 12.8. The van der Waals surface area contributed by atoms with Crippen LogP contribution in [0.3, 0.4) is 0 Å². The first-order valence-electron chi connectivity index (χ1n) is 11.2. The van der Waals surface area contributed by atoms with Crippen LogP contribution in [-0.4, -0.2) is 47.8 Å². The molecule has 0 aromatic heterocycles. The van der Waals surface area contributed by atoms with Gasteiger partial charge in [-0.05, 0) is 73.0 Å². The number of rotatable bonds is 9. The van der Waals surface area contributed by atoms with Gasteiger partial charge in [-0.15, -0.1) is 0 Å². The summed E-state index contributed by atoms with van der Waals surface area (Å²) < 4.78 is 43.8. The quantitative estimate of drug-likeness (QED) is 0.463. The first-order chi connectivity index (χ1) is 16.9. The van der Waals surface area contributed by atoms with Gasteiger partial charge in [-0.25, -0.2) is 13.1 Å². The van der Waals surface area contributed by atoms with Crippen LogP contribution in [0.2, 0.25) is 0 Å². The van der Waals surface area contributed by atoms with Gasteiger partial charge >= 0.3 is 0 Å². The molecule has 1 amide bonds. The zero-order valence-electron chi connectivity index (χ0n) is 19.6. The third-order valence-corrected chi connectivity index (χ3v) is 7.25. The van der Waals surface area contributed by atoms with Crippen molar-refractivity contribution in [3.8, 4) is 22.6 Å². The van der Waals surface area contributed by atoms with Gasteiger partial charge in [0.05, 0.1) is 25.2 Å². The first kappa shape index (κ1) is 24.7. The molecule has 8 nitrogen and oxygen atoms in total. The van der Waals surface area contributed by atoms with Crippen LogP contribution in [-0.2, 0) is 14.8 Å². The first-order valence-corrected chi connectivity index (χ1v) is 12.7. The van der Waals surface area contributed by atoms with Gasteiger partial charge in [0.15, 0.2) is 0 Å². The number of hydrogen-bond donors (Lipinski definition) is 2. The van der Waals surface area contributed by atoms with Crippen LogP contribution in [0.25, 0.3) is 11.1 Å². The number of amides is 1. The van der Waals surface area contributed by atoms with Crippen LogP contribution in [0, 0.1) is 0 Å². The summed E-state index contributed by atoms with van der Waals surface area (Å²) in [6.45, 7) is 0.893. The number of methoxy groups -OCH3 is 2. The molecule has 1 aliphatic heterocycles. The Hall–Kier alpha value is -3.40. The Morgan fingerprint density at radius 3 is 2.37 bits per heavy atom. The van der Waals surface area contributed by atoms with Crippen molar-refractivity contribution in [3.05, 3.63) is 72.3 Å².